The Morgan fingerprint density at radius 2 is 1.93 bits per heavy atom. The van der Waals surface area contributed by atoms with Gasteiger partial charge in [0.05, 0.1) is 5.56 Å². The molecule has 0 saturated carbocycles. The largest absolute Gasteiger partial charge is 0.417 e. The Bertz CT molecular complexity index is 457. The standard InChI is InChI=1S/C6H6F3N3O2S/c7-6(8,9)4-1-5(3-11-2-4)15(13,14)12-10/h1-3,12H,10H2. The molecule has 0 aromatic carbocycles. The summed E-state index contributed by atoms with van der Waals surface area (Å²) < 4.78 is 58.6. The summed E-state index contributed by atoms with van der Waals surface area (Å²) in [5, 5.41) is 0. The second-order valence-corrected chi connectivity index (χ2v) is 4.24. The Balaban J connectivity index is 3.27. The molecule has 0 aliphatic heterocycles. The van der Waals surface area contributed by atoms with E-state index in [-0.39, 0.29) is 0 Å². The van der Waals surface area contributed by atoms with Crippen LogP contribution in [0.2, 0.25) is 0 Å². The van der Waals surface area contributed by atoms with Gasteiger partial charge in [0.1, 0.15) is 4.90 Å². The van der Waals surface area contributed by atoms with Crippen LogP contribution in [0.1, 0.15) is 5.56 Å². The molecule has 0 unspecified atom stereocenters. The van der Waals surface area contributed by atoms with E-state index in [1.807, 2.05) is 0 Å². The number of hydrazine groups is 1. The third kappa shape index (κ3) is 2.64. The Hall–Kier alpha value is -1.19. The first-order valence-electron chi connectivity index (χ1n) is 3.52. The Labute approximate surface area is 83.1 Å². The van der Waals surface area contributed by atoms with Crippen LogP contribution in [0.3, 0.4) is 0 Å². The summed E-state index contributed by atoms with van der Waals surface area (Å²) in [5.41, 5.74) is -1.15. The fourth-order valence-electron chi connectivity index (χ4n) is 0.789. The van der Waals surface area contributed by atoms with Gasteiger partial charge < -0.3 is 0 Å². The second-order valence-electron chi connectivity index (χ2n) is 2.53. The van der Waals surface area contributed by atoms with Crippen molar-refractivity contribution in [3.8, 4) is 0 Å². The first kappa shape index (κ1) is 11.9. The molecule has 0 amide bonds. The van der Waals surface area contributed by atoms with Gasteiger partial charge in [-0.1, -0.05) is 0 Å². The van der Waals surface area contributed by atoms with E-state index in [9.17, 15) is 21.6 Å². The molecular weight excluding hydrogens is 235 g/mol. The third-order valence-corrected chi connectivity index (χ3v) is 2.66. The van der Waals surface area contributed by atoms with Crippen molar-refractivity contribution in [1.29, 1.82) is 0 Å². The first-order chi connectivity index (χ1) is 6.77. The van der Waals surface area contributed by atoms with Gasteiger partial charge in [-0.25, -0.2) is 8.42 Å². The highest BCUT2D eigenvalue weighted by atomic mass is 32.2. The molecule has 0 saturated heterocycles. The van der Waals surface area contributed by atoms with E-state index in [4.69, 9.17) is 0 Å². The second kappa shape index (κ2) is 3.76. The predicted molar refractivity (Wildman–Crippen MR) is 43.7 cm³/mol. The average Bonchev–Trinajstić information content (AvgIpc) is 2.17. The molecule has 9 heteroatoms. The normalized spacial score (nSPS) is 12.8. The molecule has 0 atom stereocenters. The Morgan fingerprint density at radius 3 is 2.40 bits per heavy atom. The van der Waals surface area contributed by atoms with Crippen LogP contribution in [0.5, 0.6) is 0 Å². The van der Waals surface area contributed by atoms with E-state index in [1.165, 1.54) is 4.83 Å². The monoisotopic (exact) mass is 241 g/mol. The van der Waals surface area contributed by atoms with Crippen molar-refractivity contribution in [2.24, 2.45) is 5.84 Å². The van der Waals surface area contributed by atoms with Crippen molar-refractivity contribution in [1.82, 2.24) is 9.82 Å². The topological polar surface area (TPSA) is 85.1 Å². The molecule has 3 N–H and O–H groups in total. The van der Waals surface area contributed by atoms with E-state index in [0.29, 0.717) is 12.3 Å². The van der Waals surface area contributed by atoms with Crippen LogP contribution < -0.4 is 10.7 Å². The van der Waals surface area contributed by atoms with E-state index < -0.39 is 26.7 Å². The molecule has 84 valence electrons. The van der Waals surface area contributed by atoms with E-state index in [2.05, 4.69) is 10.8 Å². The number of nitrogens with one attached hydrogen (secondary N) is 1. The molecule has 0 aliphatic rings. The third-order valence-electron chi connectivity index (χ3n) is 1.51. The number of nitrogens with two attached hydrogens (primary N) is 1. The number of pyridine rings is 1. The lowest BCUT2D eigenvalue weighted by Gasteiger charge is -2.07. The van der Waals surface area contributed by atoms with Crippen molar-refractivity contribution in [3.63, 3.8) is 0 Å². The molecule has 1 aromatic rings. The van der Waals surface area contributed by atoms with Crippen molar-refractivity contribution in [2.45, 2.75) is 11.1 Å². The number of halogens is 3. The Kier molecular flexibility index (Phi) is 2.98. The fraction of sp³-hybridized carbons (Fsp3) is 0.167. The van der Waals surface area contributed by atoms with Gasteiger partial charge in [-0.15, -0.1) is 4.83 Å². The number of rotatable bonds is 2. The number of hydrogen-bond acceptors (Lipinski definition) is 4. The van der Waals surface area contributed by atoms with Gasteiger partial charge in [-0.3, -0.25) is 10.8 Å². The predicted octanol–water partition coefficient (Wildman–Crippen LogP) is 0.252. The molecule has 1 rings (SSSR count). The van der Waals surface area contributed by atoms with Gasteiger partial charge in [-0.2, -0.15) is 13.2 Å². The van der Waals surface area contributed by atoms with Crippen LogP contribution in [0, 0.1) is 0 Å². The Morgan fingerprint density at radius 1 is 1.33 bits per heavy atom. The quantitative estimate of drug-likeness (QED) is 0.574. The molecule has 5 nitrogen and oxygen atoms in total. The minimum Gasteiger partial charge on any atom is -0.263 e. The highest BCUT2D eigenvalue weighted by molar-refractivity contribution is 7.89. The molecule has 1 heterocycles. The molecule has 0 bridgehead atoms. The average molecular weight is 241 g/mol. The molecule has 15 heavy (non-hydrogen) atoms. The summed E-state index contributed by atoms with van der Waals surface area (Å²) >= 11 is 0. The summed E-state index contributed by atoms with van der Waals surface area (Å²) in [4.78, 5) is 3.93. The highest BCUT2D eigenvalue weighted by Crippen LogP contribution is 2.29. The zero-order valence-corrected chi connectivity index (χ0v) is 7.93. The maximum Gasteiger partial charge on any atom is 0.417 e. The van der Waals surface area contributed by atoms with Gasteiger partial charge in [0.2, 0.25) is 0 Å². The van der Waals surface area contributed by atoms with Gasteiger partial charge in [0.25, 0.3) is 10.0 Å². The number of nitrogens with zero attached hydrogens (tertiary/aromatic N) is 1. The zero-order valence-electron chi connectivity index (χ0n) is 7.12. The summed E-state index contributed by atoms with van der Waals surface area (Å²) in [6.45, 7) is 0. The number of alkyl halides is 3. The van der Waals surface area contributed by atoms with E-state index >= 15 is 0 Å². The molecule has 0 radical (unpaired) electrons. The van der Waals surface area contributed by atoms with Crippen LogP contribution in [0.15, 0.2) is 23.4 Å². The maximum absolute atomic E-state index is 12.2. The maximum atomic E-state index is 12.2. The summed E-state index contributed by atoms with van der Waals surface area (Å²) in [6, 6.07) is 0.447. The summed E-state index contributed by atoms with van der Waals surface area (Å²) in [7, 11) is -4.12. The number of sulfonamides is 1. The molecule has 0 aliphatic carbocycles. The molecule has 1 aromatic heterocycles. The lowest BCUT2D eigenvalue weighted by molar-refractivity contribution is -0.138. The smallest absolute Gasteiger partial charge is 0.263 e. The first-order valence-corrected chi connectivity index (χ1v) is 5.00. The number of hydrogen-bond donors (Lipinski definition) is 2. The van der Waals surface area contributed by atoms with Gasteiger partial charge in [0, 0.05) is 12.4 Å². The van der Waals surface area contributed by atoms with Crippen molar-refractivity contribution in [2.75, 3.05) is 0 Å². The van der Waals surface area contributed by atoms with Gasteiger partial charge in [0.15, 0.2) is 0 Å². The van der Waals surface area contributed by atoms with E-state index in [1.54, 1.807) is 0 Å². The zero-order chi connectivity index (χ0) is 11.7. The van der Waals surface area contributed by atoms with Crippen LogP contribution >= 0.6 is 0 Å². The molecule has 0 fully saturated rings. The van der Waals surface area contributed by atoms with Gasteiger partial charge in [-0.05, 0) is 6.07 Å². The van der Waals surface area contributed by atoms with Crippen LogP contribution in [0.4, 0.5) is 13.2 Å². The van der Waals surface area contributed by atoms with Crippen LogP contribution in [-0.2, 0) is 16.2 Å². The SMILES string of the molecule is NNS(=O)(=O)c1cncc(C(F)(F)F)c1. The van der Waals surface area contributed by atoms with Crippen LogP contribution in [0.25, 0.3) is 0 Å². The van der Waals surface area contributed by atoms with Crippen LogP contribution in [-0.4, -0.2) is 13.4 Å². The highest BCUT2D eigenvalue weighted by Gasteiger charge is 2.32. The van der Waals surface area contributed by atoms with Crippen molar-refractivity contribution in [3.05, 3.63) is 24.0 Å². The van der Waals surface area contributed by atoms with Gasteiger partial charge >= 0.3 is 6.18 Å². The fourth-order valence-corrected chi connectivity index (χ4v) is 1.41. The summed E-state index contributed by atoms with van der Waals surface area (Å²) in [5.74, 6) is 4.65. The lowest BCUT2D eigenvalue weighted by Crippen LogP contribution is -2.30. The van der Waals surface area contributed by atoms with Crippen molar-refractivity contribution >= 4 is 10.0 Å². The molecular formula is C6H6F3N3O2S. The van der Waals surface area contributed by atoms with Crippen molar-refractivity contribution < 1.29 is 21.6 Å². The number of aromatic nitrogens is 1. The molecule has 0 spiro atoms. The van der Waals surface area contributed by atoms with E-state index in [0.717, 1.165) is 6.20 Å². The minimum absolute atomic E-state index is 0.447. The summed E-state index contributed by atoms with van der Waals surface area (Å²) in [6.07, 6.45) is -3.35. The minimum atomic E-state index is -4.65. The lowest BCUT2D eigenvalue weighted by atomic mass is 10.3.